The van der Waals surface area contributed by atoms with E-state index in [1.165, 1.54) is 7.11 Å². The molecular formula is C25H22N6O3. The van der Waals surface area contributed by atoms with Crippen molar-refractivity contribution in [2.75, 3.05) is 18.6 Å². The van der Waals surface area contributed by atoms with Crippen LogP contribution >= 0.6 is 0 Å². The Labute approximate surface area is 194 Å². The molecule has 1 aliphatic carbocycles. The number of carboxylic acids is 1. The summed E-state index contributed by atoms with van der Waals surface area (Å²) in [6.07, 6.45) is 6.89. The number of aliphatic carboxylic acids is 1. The molecule has 2 atom stereocenters. The Morgan fingerprint density at radius 1 is 1.00 bits per heavy atom. The number of hydrogen-bond donors (Lipinski definition) is 3. The molecule has 0 radical (unpaired) electrons. The monoisotopic (exact) mass is 454 g/mol. The molecular weight excluding hydrogens is 432 g/mol. The summed E-state index contributed by atoms with van der Waals surface area (Å²) >= 11 is 0. The van der Waals surface area contributed by atoms with Crippen molar-refractivity contribution >= 4 is 45.2 Å². The number of nitrogens with two attached hydrogens (primary N) is 2. The lowest BCUT2D eigenvalue weighted by Crippen LogP contribution is -2.41. The number of carboxylic acid groups (broad SMARTS) is 1. The predicted octanol–water partition coefficient (Wildman–Crippen LogP) is 3.32. The highest BCUT2D eigenvalue weighted by Gasteiger charge is 2.45. The number of nitrogens with zero attached hydrogens (tertiary/aromatic N) is 4. The number of ether oxygens (including phenoxy) is 1. The van der Waals surface area contributed by atoms with E-state index < -0.39 is 17.5 Å². The van der Waals surface area contributed by atoms with Gasteiger partial charge in [-0.15, -0.1) is 0 Å². The minimum Gasteiger partial charge on any atom is -0.481 e. The first-order valence-electron chi connectivity index (χ1n) is 10.6. The van der Waals surface area contributed by atoms with Gasteiger partial charge in [0.25, 0.3) is 0 Å². The molecule has 0 amide bonds. The zero-order chi connectivity index (χ0) is 24.0. The maximum atomic E-state index is 12.4. The molecule has 2 aromatic carbocycles. The minimum absolute atomic E-state index is 0.172. The van der Waals surface area contributed by atoms with Gasteiger partial charge in [-0.05, 0) is 59.5 Å². The molecule has 5 N–H and O–H groups in total. The highest BCUT2D eigenvalue weighted by atomic mass is 16.5. The van der Waals surface area contributed by atoms with Crippen molar-refractivity contribution in [2.45, 2.75) is 12.5 Å². The van der Waals surface area contributed by atoms with Crippen LogP contribution in [0.1, 0.15) is 18.1 Å². The van der Waals surface area contributed by atoms with Crippen LogP contribution in [0.4, 0.5) is 11.9 Å². The molecule has 0 spiro atoms. The number of fused-ring (bicyclic) bond motifs is 2. The van der Waals surface area contributed by atoms with Crippen molar-refractivity contribution in [1.29, 1.82) is 0 Å². The van der Waals surface area contributed by atoms with Crippen LogP contribution in [0.25, 0.3) is 27.4 Å². The molecule has 0 saturated carbocycles. The maximum Gasteiger partial charge on any atom is 0.314 e. The maximum absolute atomic E-state index is 12.4. The van der Waals surface area contributed by atoms with Crippen molar-refractivity contribution in [3.05, 3.63) is 77.6 Å². The molecule has 2 heterocycles. The molecule has 0 aliphatic heterocycles. The molecule has 1 aliphatic rings. The van der Waals surface area contributed by atoms with E-state index in [2.05, 4.69) is 19.9 Å². The second-order valence-corrected chi connectivity index (χ2v) is 8.22. The summed E-state index contributed by atoms with van der Waals surface area (Å²) in [4.78, 5) is 29.0. The van der Waals surface area contributed by atoms with E-state index in [0.29, 0.717) is 11.1 Å². The van der Waals surface area contributed by atoms with E-state index in [-0.39, 0.29) is 11.9 Å². The van der Waals surface area contributed by atoms with Gasteiger partial charge in [0.2, 0.25) is 11.9 Å². The van der Waals surface area contributed by atoms with E-state index in [4.69, 9.17) is 16.2 Å². The van der Waals surface area contributed by atoms with Gasteiger partial charge in [-0.1, -0.05) is 18.2 Å². The third-order valence-corrected chi connectivity index (χ3v) is 6.23. The molecule has 0 bridgehead atoms. The van der Waals surface area contributed by atoms with Crippen LogP contribution in [0.2, 0.25) is 0 Å². The van der Waals surface area contributed by atoms with Crippen LogP contribution in [0.15, 0.2) is 66.5 Å². The Kier molecular flexibility index (Phi) is 4.98. The van der Waals surface area contributed by atoms with Gasteiger partial charge < -0.3 is 21.3 Å². The summed E-state index contributed by atoms with van der Waals surface area (Å²) in [5, 5.41) is 11.7. The Morgan fingerprint density at radius 2 is 1.62 bits per heavy atom. The minimum atomic E-state index is -1.26. The van der Waals surface area contributed by atoms with Gasteiger partial charge in [-0.2, -0.15) is 0 Å². The summed E-state index contributed by atoms with van der Waals surface area (Å²) in [6.45, 7) is 1.89. The van der Waals surface area contributed by atoms with Crippen molar-refractivity contribution < 1.29 is 14.6 Å². The number of rotatable bonds is 4. The van der Waals surface area contributed by atoms with Gasteiger partial charge in [0, 0.05) is 30.3 Å². The Bertz CT molecular complexity index is 1530. The first-order chi connectivity index (χ1) is 16.3. The first-order valence-corrected chi connectivity index (χ1v) is 10.6. The van der Waals surface area contributed by atoms with Crippen molar-refractivity contribution in [1.82, 2.24) is 19.9 Å². The van der Waals surface area contributed by atoms with Gasteiger partial charge in [0.1, 0.15) is 11.5 Å². The van der Waals surface area contributed by atoms with Crippen molar-refractivity contribution in [2.24, 2.45) is 5.92 Å². The summed E-state index contributed by atoms with van der Waals surface area (Å²) in [5.74, 6) is -1.56. The molecule has 0 fully saturated rings. The topological polar surface area (TPSA) is 150 Å². The average molecular weight is 454 g/mol. The van der Waals surface area contributed by atoms with Crippen molar-refractivity contribution in [3.8, 4) is 0 Å². The normalized spacial score (nSPS) is 20.2. The molecule has 9 nitrogen and oxygen atoms in total. The van der Waals surface area contributed by atoms with Crippen molar-refractivity contribution in [3.63, 3.8) is 0 Å². The molecule has 170 valence electrons. The fourth-order valence-electron chi connectivity index (χ4n) is 4.52. The number of methoxy groups -OCH3 is 1. The van der Waals surface area contributed by atoms with Gasteiger partial charge >= 0.3 is 5.97 Å². The summed E-state index contributed by atoms with van der Waals surface area (Å²) in [5.41, 5.74) is 14.8. The summed E-state index contributed by atoms with van der Waals surface area (Å²) in [6, 6.07) is 11.2. The van der Waals surface area contributed by atoms with Crippen LogP contribution in [0.5, 0.6) is 0 Å². The van der Waals surface area contributed by atoms with E-state index >= 15 is 0 Å². The largest absolute Gasteiger partial charge is 0.481 e. The van der Waals surface area contributed by atoms with Gasteiger partial charge in [0.05, 0.1) is 11.0 Å². The molecule has 2 aromatic heterocycles. The number of carbonyl (C=O) groups is 1. The van der Waals surface area contributed by atoms with E-state index in [1.807, 2.05) is 43.3 Å². The quantitative estimate of drug-likeness (QED) is 0.422. The zero-order valence-electron chi connectivity index (χ0n) is 18.6. The summed E-state index contributed by atoms with van der Waals surface area (Å²) in [7, 11) is 1.51. The Morgan fingerprint density at radius 3 is 2.24 bits per heavy atom. The van der Waals surface area contributed by atoms with Crippen LogP contribution in [-0.4, -0.2) is 38.1 Å². The van der Waals surface area contributed by atoms with E-state index in [0.717, 1.165) is 33.0 Å². The fraction of sp³-hybridized carbons (Fsp3) is 0.160. The number of allylic oxidation sites excluding steroid dienone is 2. The number of aromatic nitrogens is 4. The van der Waals surface area contributed by atoms with Crippen LogP contribution in [-0.2, 0) is 15.1 Å². The van der Waals surface area contributed by atoms with Gasteiger partial charge in [0.15, 0.2) is 0 Å². The number of nitrogen functional groups attached to an aromatic ring is 2. The van der Waals surface area contributed by atoms with E-state index in [1.54, 1.807) is 24.5 Å². The SMILES string of the molecule is COC1(c2ccc3nc(N)ncc3c2)C=C(c2ccc3nc(N)ncc3c2)C(C)=CC1C(=O)O. The lowest BCUT2D eigenvalue weighted by atomic mass is 9.73. The fourth-order valence-corrected chi connectivity index (χ4v) is 4.52. The number of anilines is 2. The Balaban J connectivity index is 1.71. The molecule has 34 heavy (non-hydrogen) atoms. The number of hydrogen-bond acceptors (Lipinski definition) is 8. The van der Waals surface area contributed by atoms with Gasteiger partial charge in [-0.25, -0.2) is 19.9 Å². The average Bonchev–Trinajstić information content (AvgIpc) is 2.83. The molecule has 4 aromatic rings. The number of benzene rings is 2. The molecule has 2 unspecified atom stereocenters. The second kappa shape index (κ2) is 7.89. The lowest BCUT2D eigenvalue weighted by molar-refractivity contribution is -0.148. The molecule has 5 rings (SSSR count). The summed E-state index contributed by atoms with van der Waals surface area (Å²) < 4.78 is 6.01. The third kappa shape index (κ3) is 3.43. The second-order valence-electron chi connectivity index (χ2n) is 8.22. The van der Waals surface area contributed by atoms with Crippen LogP contribution < -0.4 is 11.5 Å². The zero-order valence-corrected chi connectivity index (χ0v) is 18.6. The highest BCUT2D eigenvalue weighted by molar-refractivity contribution is 5.91. The third-order valence-electron chi connectivity index (χ3n) is 6.23. The predicted molar refractivity (Wildman–Crippen MR) is 129 cm³/mol. The molecule has 0 saturated heterocycles. The highest BCUT2D eigenvalue weighted by Crippen LogP contribution is 2.45. The smallest absolute Gasteiger partial charge is 0.314 e. The molecule has 9 heteroatoms. The van der Waals surface area contributed by atoms with E-state index in [9.17, 15) is 9.90 Å². The van der Waals surface area contributed by atoms with Crippen LogP contribution in [0.3, 0.4) is 0 Å². The van der Waals surface area contributed by atoms with Gasteiger partial charge in [-0.3, -0.25) is 4.79 Å². The standard InChI is InChI=1S/C25H22N6O3/c1-13-7-19(22(32)33)25(34-2,17-4-6-21-16(9-17)12-29-24(27)31-21)10-18(13)14-3-5-20-15(8-14)11-28-23(26)30-20/h3-12,19H,1-2H3,(H,32,33)(H2,26,28,30)(H2,27,29,31). The Hall–Kier alpha value is -4.37. The lowest BCUT2D eigenvalue weighted by Gasteiger charge is -2.38. The van der Waals surface area contributed by atoms with Crippen LogP contribution in [0, 0.1) is 5.92 Å². The first kappa shape index (κ1) is 21.5.